The van der Waals surface area contributed by atoms with Gasteiger partial charge in [-0.3, -0.25) is 4.79 Å². The molecule has 0 heterocycles. The highest BCUT2D eigenvalue weighted by Gasteiger charge is 2.02. The number of nitrogens with one attached hydrogen (secondary N) is 2. The van der Waals surface area contributed by atoms with Crippen molar-refractivity contribution in [2.45, 2.75) is 0 Å². The number of carbonyl (C=O) groups is 1. The standard InChI is InChI=1S/C9H12FN3O/c1-12-5-9(14)13-6-2-3-7(10)8(11)4-6/h2-4,12H,5,11H2,1H3,(H,13,14). The molecule has 0 atom stereocenters. The number of hydrogen-bond donors (Lipinski definition) is 3. The van der Waals surface area contributed by atoms with E-state index in [0.29, 0.717) is 5.69 Å². The van der Waals surface area contributed by atoms with Gasteiger partial charge < -0.3 is 16.4 Å². The largest absolute Gasteiger partial charge is 0.396 e. The van der Waals surface area contributed by atoms with Crippen LogP contribution in [0.15, 0.2) is 18.2 Å². The zero-order chi connectivity index (χ0) is 10.6. The first-order valence-electron chi connectivity index (χ1n) is 4.13. The third kappa shape index (κ3) is 2.70. The van der Waals surface area contributed by atoms with Gasteiger partial charge in [0.05, 0.1) is 12.2 Å². The molecule has 0 aromatic heterocycles. The smallest absolute Gasteiger partial charge is 0.238 e. The van der Waals surface area contributed by atoms with Gasteiger partial charge in [-0.25, -0.2) is 4.39 Å². The maximum Gasteiger partial charge on any atom is 0.238 e. The number of halogens is 1. The van der Waals surface area contributed by atoms with Crippen LogP contribution in [-0.2, 0) is 4.79 Å². The minimum absolute atomic E-state index is 0.0206. The lowest BCUT2D eigenvalue weighted by Gasteiger charge is -2.05. The summed E-state index contributed by atoms with van der Waals surface area (Å²) in [6.45, 7) is 0.206. The molecule has 1 rings (SSSR count). The van der Waals surface area contributed by atoms with Crippen molar-refractivity contribution in [2.24, 2.45) is 0 Å². The van der Waals surface area contributed by atoms with Crippen LogP contribution in [-0.4, -0.2) is 19.5 Å². The SMILES string of the molecule is CNCC(=O)Nc1ccc(F)c(N)c1. The maximum absolute atomic E-state index is 12.7. The van der Waals surface area contributed by atoms with Crippen molar-refractivity contribution in [3.8, 4) is 0 Å². The molecule has 0 bridgehead atoms. The van der Waals surface area contributed by atoms with E-state index in [1.807, 2.05) is 0 Å². The van der Waals surface area contributed by atoms with E-state index in [2.05, 4.69) is 10.6 Å². The lowest BCUT2D eigenvalue weighted by atomic mass is 10.2. The summed E-state index contributed by atoms with van der Waals surface area (Å²) >= 11 is 0. The van der Waals surface area contributed by atoms with Crippen molar-refractivity contribution in [1.82, 2.24) is 5.32 Å². The first-order valence-corrected chi connectivity index (χ1v) is 4.13. The summed E-state index contributed by atoms with van der Waals surface area (Å²) in [4.78, 5) is 11.1. The second-order valence-corrected chi connectivity index (χ2v) is 2.81. The van der Waals surface area contributed by atoms with Gasteiger partial charge in [-0.2, -0.15) is 0 Å². The highest BCUT2D eigenvalue weighted by molar-refractivity contribution is 5.92. The molecule has 5 heteroatoms. The molecule has 0 saturated carbocycles. The molecule has 4 nitrogen and oxygen atoms in total. The molecule has 0 aliphatic carbocycles. The molecular formula is C9H12FN3O. The summed E-state index contributed by atoms with van der Waals surface area (Å²) in [6, 6.07) is 4.05. The topological polar surface area (TPSA) is 67.2 Å². The summed E-state index contributed by atoms with van der Waals surface area (Å²) in [5, 5.41) is 5.26. The Morgan fingerprint density at radius 1 is 1.57 bits per heavy atom. The van der Waals surface area contributed by atoms with Crippen LogP contribution in [0.5, 0.6) is 0 Å². The Morgan fingerprint density at radius 3 is 2.86 bits per heavy atom. The number of amides is 1. The predicted molar refractivity (Wildman–Crippen MR) is 53.4 cm³/mol. The molecular weight excluding hydrogens is 185 g/mol. The molecule has 0 unspecified atom stereocenters. The number of benzene rings is 1. The van der Waals surface area contributed by atoms with Crippen molar-refractivity contribution >= 4 is 17.3 Å². The highest BCUT2D eigenvalue weighted by atomic mass is 19.1. The van der Waals surface area contributed by atoms with E-state index >= 15 is 0 Å². The average Bonchev–Trinajstić information content (AvgIpc) is 2.12. The average molecular weight is 197 g/mol. The lowest BCUT2D eigenvalue weighted by Crippen LogP contribution is -2.25. The van der Waals surface area contributed by atoms with E-state index in [1.54, 1.807) is 7.05 Å². The molecule has 0 aliphatic rings. The summed E-state index contributed by atoms with van der Waals surface area (Å²) in [7, 11) is 1.67. The molecule has 0 radical (unpaired) electrons. The second-order valence-electron chi connectivity index (χ2n) is 2.81. The van der Waals surface area contributed by atoms with Crippen molar-refractivity contribution in [3.05, 3.63) is 24.0 Å². The van der Waals surface area contributed by atoms with Crippen LogP contribution in [0.1, 0.15) is 0 Å². The Hall–Kier alpha value is -1.62. The first kappa shape index (κ1) is 10.5. The van der Waals surface area contributed by atoms with Gasteiger partial charge in [-0.05, 0) is 25.2 Å². The zero-order valence-corrected chi connectivity index (χ0v) is 7.80. The van der Waals surface area contributed by atoms with Gasteiger partial charge in [-0.15, -0.1) is 0 Å². The number of likely N-dealkylation sites (N-methyl/N-ethyl adjacent to an activating group) is 1. The van der Waals surface area contributed by atoms with Crippen molar-refractivity contribution in [3.63, 3.8) is 0 Å². The van der Waals surface area contributed by atoms with Crippen LogP contribution in [0.3, 0.4) is 0 Å². The summed E-state index contributed by atoms with van der Waals surface area (Å²) in [5.41, 5.74) is 5.84. The number of nitrogen functional groups attached to an aromatic ring is 1. The molecule has 14 heavy (non-hydrogen) atoms. The Morgan fingerprint density at radius 2 is 2.29 bits per heavy atom. The quantitative estimate of drug-likeness (QED) is 0.620. The fourth-order valence-electron chi connectivity index (χ4n) is 0.987. The van der Waals surface area contributed by atoms with Crippen LogP contribution in [0.25, 0.3) is 0 Å². The number of nitrogens with two attached hydrogens (primary N) is 1. The molecule has 0 saturated heterocycles. The highest BCUT2D eigenvalue weighted by Crippen LogP contribution is 2.15. The summed E-state index contributed by atoms with van der Waals surface area (Å²) in [6.07, 6.45) is 0. The zero-order valence-electron chi connectivity index (χ0n) is 7.80. The molecule has 0 fully saturated rings. The Bertz CT molecular complexity index is 341. The van der Waals surface area contributed by atoms with Gasteiger partial charge in [-0.1, -0.05) is 0 Å². The van der Waals surface area contributed by atoms with Crippen molar-refractivity contribution in [1.29, 1.82) is 0 Å². The molecule has 4 N–H and O–H groups in total. The van der Waals surface area contributed by atoms with Gasteiger partial charge >= 0.3 is 0 Å². The van der Waals surface area contributed by atoms with E-state index in [-0.39, 0.29) is 18.1 Å². The van der Waals surface area contributed by atoms with Crippen molar-refractivity contribution in [2.75, 3.05) is 24.6 Å². The van der Waals surface area contributed by atoms with Crippen LogP contribution in [0.2, 0.25) is 0 Å². The van der Waals surface area contributed by atoms with Crippen LogP contribution in [0.4, 0.5) is 15.8 Å². The fourth-order valence-corrected chi connectivity index (χ4v) is 0.987. The number of anilines is 2. The molecule has 0 aliphatic heterocycles. The summed E-state index contributed by atoms with van der Waals surface area (Å²) < 4.78 is 12.7. The minimum Gasteiger partial charge on any atom is -0.396 e. The summed E-state index contributed by atoms with van der Waals surface area (Å²) in [5.74, 6) is -0.685. The normalized spacial score (nSPS) is 9.86. The van der Waals surface area contributed by atoms with Gasteiger partial charge in [0.25, 0.3) is 0 Å². The van der Waals surface area contributed by atoms with Gasteiger partial charge in [0.1, 0.15) is 5.82 Å². The Balaban J connectivity index is 2.68. The molecule has 0 spiro atoms. The van der Waals surface area contributed by atoms with Gasteiger partial charge in [0.2, 0.25) is 5.91 Å². The number of carbonyl (C=O) groups excluding carboxylic acids is 1. The van der Waals surface area contributed by atoms with E-state index < -0.39 is 5.82 Å². The minimum atomic E-state index is -0.489. The Kier molecular flexibility index (Phi) is 3.41. The molecule has 1 aromatic carbocycles. The third-order valence-corrected chi connectivity index (χ3v) is 1.62. The van der Waals surface area contributed by atoms with E-state index in [9.17, 15) is 9.18 Å². The van der Waals surface area contributed by atoms with Crippen molar-refractivity contribution < 1.29 is 9.18 Å². The lowest BCUT2D eigenvalue weighted by molar-refractivity contribution is -0.115. The molecule has 1 aromatic rings. The monoisotopic (exact) mass is 197 g/mol. The van der Waals surface area contributed by atoms with E-state index in [0.717, 1.165) is 0 Å². The predicted octanol–water partition coefficient (Wildman–Crippen LogP) is 0.566. The fraction of sp³-hybridized carbons (Fsp3) is 0.222. The van der Waals surface area contributed by atoms with Crippen LogP contribution < -0.4 is 16.4 Å². The second kappa shape index (κ2) is 4.57. The van der Waals surface area contributed by atoms with E-state index in [4.69, 9.17) is 5.73 Å². The van der Waals surface area contributed by atoms with Gasteiger partial charge in [0.15, 0.2) is 0 Å². The van der Waals surface area contributed by atoms with E-state index in [1.165, 1.54) is 18.2 Å². The molecule has 1 amide bonds. The Labute approximate surface area is 81.3 Å². The maximum atomic E-state index is 12.7. The first-order chi connectivity index (χ1) is 6.63. The van der Waals surface area contributed by atoms with Crippen LogP contribution in [0, 0.1) is 5.82 Å². The number of hydrogen-bond acceptors (Lipinski definition) is 3. The van der Waals surface area contributed by atoms with Crippen LogP contribution >= 0.6 is 0 Å². The third-order valence-electron chi connectivity index (χ3n) is 1.62. The molecule has 76 valence electrons. The van der Waals surface area contributed by atoms with Gasteiger partial charge in [0, 0.05) is 5.69 Å². The number of rotatable bonds is 3.